The van der Waals surface area contributed by atoms with Crippen LogP contribution in [0, 0.1) is 0 Å². The molecule has 0 radical (unpaired) electrons. The van der Waals surface area contributed by atoms with E-state index in [1.165, 1.54) is 276 Å². The Balaban J connectivity index is 0.0000000949. The maximum Gasteiger partial charge on any atom is 0.0455 e. The molecule has 0 bridgehead atoms. The highest BCUT2D eigenvalue weighted by Crippen LogP contribution is 2.57. The number of allylic oxidation sites excluding steroid dienone is 4. The molecule has 558 valence electrons. The second-order valence-electron chi connectivity index (χ2n) is 33.5. The first kappa shape index (κ1) is 70.5. The largest absolute Gasteiger partial charge is 0.384 e. The maximum atomic E-state index is 3.80. The highest BCUT2D eigenvalue weighted by Gasteiger charge is 2.37. The fourth-order valence-corrected chi connectivity index (χ4v) is 25.6. The smallest absolute Gasteiger partial charge is 0.0455 e. The minimum Gasteiger partial charge on any atom is -0.384 e. The predicted molar refractivity (Wildman–Crippen MR) is 495 cm³/mol. The number of hydrogen-bond donors (Lipinski definition) is 4. The molecule has 0 amide bonds. The fraction of sp³-hybridized carbons (Fsp3) is 0.238. The number of hydrogen-bond acceptors (Lipinski definition) is 8. The summed E-state index contributed by atoms with van der Waals surface area (Å²) in [5.74, 6) is 1.34. The van der Waals surface area contributed by atoms with Gasteiger partial charge in [-0.3, -0.25) is 0 Å². The van der Waals surface area contributed by atoms with E-state index in [1.54, 1.807) is 0 Å². The molecule has 4 aromatic heterocycles. The molecule has 0 spiro atoms. The van der Waals surface area contributed by atoms with Gasteiger partial charge < -0.3 is 21.3 Å². The van der Waals surface area contributed by atoms with Crippen LogP contribution in [0.15, 0.2) is 241 Å². The topological polar surface area (TPSA) is 48.1 Å². The van der Waals surface area contributed by atoms with Gasteiger partial charge in [0.05, 0.1) is 0 Å². The van der Waals surface area contributed by atoms with E-state index >= 15 is 0 Å². The summed E-state index contributed by atoms with van der Waals surface area (Å²) in [5.41, 5.74) is 40.4. The van der Waals surface area contributed by atoms with Crippen LogP contribution in [0.5, 0.6) is 0 Å². The van der Waals surface area contributed by atoms with Gasteiger partial charge in [0.25, 0.3) is 0 Å². The van der Waals surface area contributed by atoms with Crippen molar-refractivity contribution in [1.29, 1.82) is 0 Å². The zero-order chi connectivity index (χ0) is 76.3. The number of nitrogens with one attached hydrogen (secondary N) is 4. The van der Waals surface area contributed by atoms with Crippen LogP contribution in [0.25, 0.3) is 103 Å². The zero-order valence-corrected chi connectivity index (χ0v) is 69.5. The molecule has 6 atom stereocenters. The van der Waals surface area contributed by atoms with Crippen LogP contribution >= 0.6 is 45.3 Å². The summed E-state index contributed by atoms with van der Waals surface area (Å²) in [4.78, 5) is 0. The summed E-state index contributed by atoms with van der Waals surface area (Å²) in [6.45, 7) is 24.4. The quantitative estimate of drug-likeness (QED) is 0.142. The molecule has 4 N–H and O–H groups in total. The number of aryl methyl sites for hydroxylation is 3. The van der Waals surface area contributed by atoms with E-state index in [-0.39, 0.29) is 0 Å². The molecule has 16 aromatic rings. The van der Waals surface area contributed by atoms with E-state index in [9.17, 15) is 0 Å². The van der Waals surface area contributed by atoms with Gasteiger partial charge in [0.1, 0.15) is 0 Å². The number of thiophene rings is 4. The van der Waals surface area contributed by atoms with Crippen LogP contribution < -0.4 is 21.3 Å². The highest BCUT2D eigenvalue weighted by atomic mass is 32.1. The summed E-state index contributed by atoms with van der Waals surface area (Å²) < 4.78 is 11.2. The Kier molecular flexibility index (Phi) is 17.3. The third kappa shape index (κ3) is 11.3. The van der Waals surface area contributed by atoms with Gasteiger partial charge in [-0.15, -0.1) is 45.3 Å². The van der Waals surface area contributed by atoms with E-state index in [1.807, 2.05) is 45.3 Å². The third-order valence-electron chi connectivity index (χ3n) is 26.8. The maximum absolute atomic E-state index is 3.80. The summed E-state index contributed by atoms with van der Waals surface area (Å²) in [5, 5.41) is 26.5. The molecule has 24 rings (SSSR count). The molecule has 4 aliphatic heterocycles. The van der Waals surface area contributed by atoms with E-state index in [0.717, 1.165) is 19.4 Å². The standard InChI is InChI=1S/C27H25NS.3C26H23NS/c1-15-11-12-18-7-6-9-21(27(18)28-15)24-16(2)17(3)25-20(24)13-14-23-26(25)19-8-4-5-10-22(19)29-23;1-14-13-17-7-6-9-20(26(17)27-14)23-15(2)16(3)24-19(23)11-12-22-25(24)18-8-4-5-10-21(18)28-22;1-15-16(2)24-19(12-13-22-25(24)18-9-3-4-11-21(18)28-22)23(15)20-10-5-7-17-8-6-14-27-26(17)20;1-15-14-21-18(12-13-23-25(21)19-7-3-4-9-22(19)28-23)24(15)20-8-5-6-17-11-10-16(2)27-26(17)20/h4-10,13-15,17,28H,11-12H2,1-3H3;4-12,14,16,27H,13H2,1-3H3;3-5,7,9-13,16,27H,6,8,14H2,1-2H3;3-9,12-13,16,27H,10-11,14H2,1-2H3. The predicted octanol–water partition coefficient (Wildman–Crippen LogP) is 29.6. The van der Waals surface area contributed by atoms with Crippen molar-refractivity contribution >= 4 is 171 Å². The molecule has 8 heterocycles. The summed E-state index contributed by atoms with van der Waals surface area (Å²) in [6, 6.07) is 83.2. The Labute approximate surface area is 679 Å². The fourth-order valence-electron chi connectivity index (χ4n) is 21.1. The Morgan fingerprint density at radius 2 is 0.637 bits per heavy atom. The van der Waals surface area contributed by atoms with Gasteiger partial charge in [0.2, 0.25) is 0 Å². The molecule has 12 aromatic carbocycles. The summed E-state index contributed by atoms with van der Waals surface area (Å²) in [7, 11) is 0. The Hall–Kier alpha value is -10.3. The lowest BCUT2D eigenvalue weighted by molar-refractivity contribution is 0.680. The molecule has 0 saturated heterocycles. The van der Waals surface area contributed by atoms with Crippen LogP contribution in [0.4, 0.5) is 22.7 Å². The molecular weight excluding hydrogens is 1450 g/mol. The second kappa shape index (κ2) is 27.8. The molecule has 4 nitrogen and oxygen atoms in total. The molecule has 0 fully saturated rings. The van der Waals surface area contributed by atoms with Crippen LogP contribution in [-0.4, -0.2) is 24.7 Å². The number of para-hydroxylation sites is 4. The van der Waals surface area contributed by atoms with Gasteiger partial charge in [-0.2, -0.15) is 0 Å². The van der Waals surface area contributed by atoms with E-state index in [2.05, 4.69) is 309 Å². The molecule has 8 aliphatic rings. The van der Waals surface area contributed by atoms with Gasteiger partial charge in [-0.25, -0.2) is 0 Å². The Morgan fingerprint density at radius 3 is 1.07 bits per heavy atom. The minimum absolute atomic E-state index is 0.443. The van der Waals surface area contributed by atoms with Crippen LogP contribution in [0.2, 0.25) is 0 Å². The normalized spacial score (nSPS) is 19.6. The van der Waals surface area contributed by atoms with Crippen molar-refractivity contribution in [2.75, 3.05) is 27.8 Å². The van der Waals surface area contributed by atoms with Crippen molar-refractivity contribution in [1.82, 2.24) is 0 Å². The Morgan fingerprint density at radius 1 is 0.292 bits per heavy atom. The third-order valence-corrected chi connectivity index (χ3v) is 31.3. The van der Waals surface area contributed by atoms with E-state index in [4.69, 9.17) is 0 Å². The number of benzene rings is 12. The van der Waals surface area contributed by atoms with Crippen LogP contribution in [-0.2, 0) is 32.1 Å². The first-order chi connectivity index (χ1) is 55.2. The van der Waals surface area contributed by atoms with Crippen molar-refractivity contribution in [3.8, 4) is 0 Å². The lowest BCUT2D eigenvalue weighted by Crippen LogP contribution is -2.23. The van der Waals surface area contributed by atoms with Crippen molar-refractivity contribution < 1.29 is 0 Å². The monoisotopic (exact) mass is 1540 g/mol. The summed E-state index contributed by atoms with van der Waals surface area (Å²) >= 11 is 7.68. The minimum atomic E-state index is 0.443. The van der Waals surface area contributed by atoms with Gasteiger partial charge in [-0.1, -0.05) is 213 Å². The average molecular weight is 1540 g/mol. The van der Waals surface area contributed by atoms with E-state index in [0.29, 0.717) is 35.9 Å². The van der Waals surface area contributed by atoms with Crippen molar-refractivity contribution in [2.45, 2.75) is 156 Å². The van der Waals surface area contributed by atoms with E-state index < -0.39 is 0 Å². The van der Waals surface area contributed by atoms with Gasteiger partial charge in [-0.05, 0) is 237 Å². The molecule has 4 aliphatic carbocycles. The van der Waals surface area contributed by atoms with Gasteiger partial charge >= 0.3 is 0 Å². The summed E-state index contributed by atoms with van der Waals surface area (Å²) in [6.07, 6.45) is 9.34. The zero-order valence-electron chi connectivity index (χ0n) is 66.2. The van der Waals surface area contributed by atoms with Crippen molar-refractivity contribution in [2.24, 2.45) is 0 Å². The van der Waals surface area contributed by atoms with Crippen LogP contribution in [0.3, 0.4) is 0 Å². The SMILES string of the molecule is CC1=C(c2cccc3c2NC(C)C3)c2ccc3sc4ccccc4c3c2C1C.CC1=C(c2cccc3c2NC(C)CC3)c2ccc3sc4ccccc4c3c2C1.CC1=C(c2cccc3c2NC(C)CC3)c2ccc3sc4ccccc4c3c2C1C.CC1=C(c2cccc3c2NCCC3)c2ccc3sc4ccccc4c3c2C1C. The molecule has 0 saturated carbocycles. The second-order valence-corrected chi connectivity index (χ2v) is 37.9. The average Bonchev–Trinajstić information content (AvgIpc) is 1.59. The lowest BCUT2D eigenvalue weighted by atomic mass is 9.89. The first-order valence-electron chi connectivity index (χ1n) is 41.3. The highest BCUT2D eigenvalue weighted by molar-refractivity contribution is 7.27. The molecule has 8 heteroatoms. The van der Waals surface area contributed by atoms with Gasteiger partial charge in [0, 0.05) is 168 Å². The van der Waals surface area contributed by atoms with Crippen molar-refractivity contribution in [3.05, 3.63) is 330 Å². The number of rotatable bonds is 4. The number of fused-ring (bicyclic) bond motifs is 24. The first-order valence-corrected chi connectivity index (χ1v) is 44.6. The molecule has 113 heavy (non-hydrogen) atoms. The van der Waals surface area contributed by atoms with Crippen LogP contribution in [0.1, 0.15) is 195 Å². The number of anilines is 4. The molecular formula is C105H94N4S4. The lowest BCUT2D eigenvalue weighted by Gasteiger charge is -2.27. The van der Waals surface area contributed by atoms with Gasteiger partial charge in [0.15, 0.2) is 0 Å². The Bertz CT molecular complexity index is 6850. The molecule has 6 unspecified atom stereocenters. The van der Waals surface area contributed by atoms with Crippen molar-refractivity contribution in [3.63, 3.8) is 0 Å².